The van der Waals surface area contributed by atoms with E-state index >= 15 is 0 Å². The minimum atomic E-state index is -0.651. The fraction of sp³-hybridized carbons (Fsp3) is 0.200. The number of aliphatic hydroxyl groups is 1. The molecule has 0 radical (unpaired) electrons. The first-order valence-corrected chi connectivity index (χ1v) is 5.29. The third-order valence-electron chi connectivity index (χ3n) is 2.57. The van der Waals surface area contributed by atoms with Crippen molar-refractivity contribution in [3.8, 4) is 0 Å². The second-order valence-corrected chi connectivity index (χ2v) is 4.19. The van der Waals surface area contributed by atoms with E-state index in [0.717, 1.165) is 5.57 Å². The molecule has 1 N–H and O–H groups in total. The zero-order valence-corrected chi connectivity index (χ0v) is 9.65. The van der Waals surface area contributed by atoms with Crippen LogP contribution in [0.25, 0.3) is 5.76 Å². The minimum absolute atomic E-state index is 0. The molecule has 0 fully saturated rings. The van der Waals surface area contributed by atoms with Crippen molar-refractivity contribution in [1.29, 1.82) is 0 Å². The van der Waals surface area contributed by atoms with E-state index in [1.165, 1.54) is 6.08 Å². The van der Waals surface area contributed by atoms with Crippen LogP contribution in [0.3, 0.4) is 0 Å². The number of hydrogen-bond donors (Lipinski definition) is 1. The number of fused-ring (bicyclic) bond motifs is 1. The summed E-state index contributed by atoms with van der Waals surface area (Å²) in [4.78, 5) is 23.7. The van der Waals surface area contributed by atoms with Crippen LogP contribution in [0.4, 0.5) is 0 Å². The van der Waals surface area contributed by atoms with Gasteiger partial charge in [-0.1, -0.05) is 37.3 Å². The van der Waals surface area contributed by atoms with Gasteiger partial charge in [-0.25, -0.2) is 0 Å². The molecule has 18 heavy (non-hydrogen) atoms. The van der Waals surface area contributed by atoms with E-state index in [1.54, 1.807) is 38.1 Å². The predicted octanol–water partition coefficient (Wildman–Crippen LogP) is 3.32. The number of Topliss-reactive ketones (excluding diaryl/α,β-unsaturated/α-hetero) is 2. The first-order valence-electron chi connectivity index (χ1n) is 5.29. The van der Waals surface area contributed by atoms with Crippen molar-refractivity contribution in [1.82, 2.24) is 0 Å². The monoisotopic (exact) mass is 244 g/mol. The summed E-state index contributed by atoms with van der Waals surface area (Å²) in [7, 11) is 0. The van der Waals surface area contributed by atoms with E-state index in [9.17, 15) is 14.7 Å². The highest BCUT2D eigenvalue weighted by Gasteiger charge is 2.31. The highest BCUT2D eigenvalue weighted by atomic mass is 16.3. The van der Waals surface area contributed by atoms with Gasteiger partial charge in [0.1, 0.15) is 5.76 Å². The van der Waals surface area contributed by atoms with Gasteiger partial charge in [0, 0.05) is 11.1 Å². The lowest BCUT2D eigenvalue weighted by Gasteiger charge is -2.15. The molecule has 0 aliphatic heterocycles. The summed E-state index contributed by atoms with van der Waals surface area (Å²) >= 11 is 0. The summed E-state index contributed by atoms with van der Waals surface area (Å²) in [6.07, 6.45) is 1.53. The van der Waals surface area contributed by atoms with Gasteiger partial charge in [0.25, 0.3) is 0 Å². The summed E-state index contributed by atoms with van der Waals surface area (Å²) < 4.78 is 0. The second-order valence-electron chi connectivity index (χ2n) is 4.19. The minimum Gasteiger partial charge on any atom is -0.507 e. The number of benzene rings is 1. The zero-order valence-electron chi connectivity index (χ0n) is 9.65. The molecular weight excluding hydrogens is 228 g/mol. The Labute approximate surface area is 106 Å². The van der Waals surface area contributed by atoms with Crippen molar-refractivity contribution >= 4 is 17.3 Å². The molecule has 2 rings (SSSR count). The molecule has 1 aliphatic carbocycles. The van der Waals surface area contributed by atoms with E-state index < -0.39 is 11.6 Å². The lowest BCUT2D eigenvalue weighted by Crippen LogP contribution is -2.23. The number of aliphatic hydroxyl groups excluding tert-OH is 1. The first-order chi connectivity index (χ1) is 8.02. The summed E-state index contributed by atoms with van der Waals surface area (Å²) in [5.74, 6) is -1.33. The van der Waals surface area contributed by atoms with Gasteiger partial charge in [0.15, 0.2) is 0 Å². The SMILES string of the molecule is C.CC(C)=CC1=C(O)c2ccccc2C(=O)C1=O. The topological polar surface area (TPSA) is 54.4 Å². The van der Waals surface area contributed by atoms with Crippen LogP contribution in [0.2, 0.25) is 0 Å². The van der Waals surface area contributed by atoms with Gasteiger partial charge in [-0.05, 0) is 19.9 Å². The third-order valence-corrected chi connectivity index (χ3v) is 2.57. The molecule has 0 atom stereocenters. The van der Waals surface area contributed by atoms with Crippen LogP contribution in [0.1, 0.15) is 37.2 Å². The number of allylic oxidation sites excluding steroid dienone is 3. The molecule has 0 unspecified atom stereocenters. The largest absolute Gasteiger partial charge is 0.507 e. The lowest BCUT2D eigenvalue weighted by atomic mass is 9.88. The molecule has 0 heterocycles. The third kappa shape index (κ3) is 2.12. The number of ketones is 2. The van der Waals surface area contributed by atoms with Gasteiger partial charge < -0.3 is 5.11 Å². The Balaban J connectivity index is 0.00000162. The summed E-state index contributed by atoms with van der Waals surface area (Å²) in [5.41, 5.74) is 1.62. The van der Waals surface area contributed by atoms with Crippen molar-refractivity contribution in [2.75, 3.05) is 0 Å². The Hall–Kier alpha value is -2.16. The van der Waals surface area contributed by atoms with Crippen molar-refractivity contribution in [2.45, 2.75) is 21.3 Å². The number of carbonyl (C=O) groups is 2. The average molecular weight is 244 g/mol. The van der Waals surface area contributed by atoms with Crippen LogP contribution in [-0.4, -0.2) is 16.7 Å². The van der Waals surface area contributed by atoms with E-state index in [4.69, 9.17) is 0 Å². The van der Waals surface area contributed by atoms with Gasteiger partial charge in [0.2, 0.25) is 11.6 Å². The highest BCUT2D eigenvalue weighted by molar-refractivity contribution is 6.52. The van der Waals surface area contributed by atoms with Gasteiger partial charge >= 0.3 is 0 Å². The first kappa shape index (κ1) is 13.9. The van der Waals surface area contributed by atoms with Gasteiger partial charge in [-0.3, -0.25) is 9.59 Å². The van der Waals surface area contributed by atoms with Crippen molar-refractivity contribution < 1.29 is 14.7 Å². The molecule has 0 aromatic heterocycles. The summed E-state index contributed by atoms with van der Waals surface area (Å²) in [5, 5.41) is 10.0. The molecule has 0 spiro atoms. The quantitative estimate of drug-likeness (QED) is 0.771. The Morgan fingerprint density at radius 3 is 2.17 bits per heavy atom. The fourth-order valence-electron chi connectivity index (χ4n) is 1.81. The molecule has 1 aliphatic rings. The molecule has 3 heteroatoms. The van der Waals surface area contributed by atoms with E-state index in [-0.39, 0.29) is 24.3 Å². The number of carbonyl (C=O) groups excluding carboxylic acids is 2. The smallest absolute Gasteiger partial charge is 0.237 e. The maximum Gasteiger partial charge on any atom is 0.237 e. The highest BCUT2D eigenvalue weighted by Crippen LogP contribution is 2.28. The predicted molar refractivity (Wildman–Crippen MR) is 71.5 cm³/mol. The van der Waals surface area contributed by atoms with E-state index in [2.05, 4.69) is 0 Å². The standard InChI is InChI=1S/C14H12O3.CH4/c1-8(2)7-11-12(15)9-5-3-4-6-10(9)13(16)14(11)17;/h3-7,15H,1-2H3;1H4. The Morgan fingerprint density at radius 1 is 1.06 bits per heavy atom. The second kappa shape index (κ2) is 5.00. The van der Waals surface area contributed by atoms with E-state index in [1.807, 2.05) is 0 Å². The fourth-order valence-corrected chi connectivity index (χ4v) is 1.81. The molecule has 1 aromatic carbocycles. The van der Waals surface area contributed by atoms with Crippen LogP contribution in [0.15, 0.2) is 41.5 Å². The van der Waals surface area contributed by atoms with Gasteiger partial charge in [0.05, 0.1) is 5.57 Å². The maximum absolute atomic E-state index is 11.8. The lowest BCUT2D eigenvalue weighted by molar-refractivity contribution is -0.111. The number of hydrogen-bond acceptors (Lipinski definition) is 3. The van der Waals surface area contributed by atoms with Gasteiger partial charge in [-0.2, -0.15) is 0 Å². The molecule has 94 valence electrons. The van der Waals surface area contributed by atoms with Crippen LogP contribution in [0.5, 0.6) is 0 Å². The van der Waals surface area contributed by atoms with Crippen molar-refractivity contribution in [2.24, 2.45) is 0 Å². The van der Waals surface area contributed by atoms with Crippen LogP contribution in [-0.2, 0) is 4.79 Å². The maximum atomic E-state index is 11.8. The molecule has 0 saturated heterocycles. The molecule has 3 nitrogen and oxygen atoms in total. The van der Waals surface area contributed by atoms with Crippen LogP contribution >= 0.6 is 0 Å². The zero-order chi connectivity index (χ0) is 12.6. The Morgan fingerprint density at radius 2 is 1.61 bits per heavy atom. The number of rotatable bonds is 1. The molecule has 1 aromatic rings. The average Bonchev–Trinajstić information content (AvgIpc) is 2.31. The van der Waals surface area contributed by atoms with Crippen LogP contribution < -0.4 is 0 Å². The molecule has 0 amide bonds. The summed E-state index contributed by atoms with van der Waals surface area (Å²) in [6, 6.07) is 6.57. The molecule has 0 bridgehead atoms. The molecule has 0 saturated carbocycles. The van der Waals surface area contributed by atoms with Crippen LogP contribution in [0, 0.1) is 0 Å². The van der Waals surface area contributed by atoms with Crippen molar-refractivity contribution in [3.63, 3.8) is 0 Å². The van der Waals surface area contributed by atoms with Crippen molar-refractivity contribution in [3.05, 3.63) is 52.6 Å². The Kier molecular flexibility index (Phi) is 3.86. The Bertz CT molecular complexity index is 573. The summed E-state index contributed by atoms with van der Waals surface area (Å²) in [6.45, 7) is 3.61. The molecular formula is C15H16O3. The van der Waals surface area contributed by atoms with E-state index in [0.29, 0.717) is 5.56 Å². The van der Waals surface area contributed by atoms with Gasteiger partial charge in [-0.15, -0.1) is 0 Å². The normalized spacial score (nSPS) is 13.9.